The zero-order chi connectivity index (χ0) is 20.9. The van der Waals surface area contributed by atoms with Gasteiger partial charge in [0.15, 0.2) is 0 Å². The molecule has 0 saturated carbocycles. The van der Waals surface area contributed by atoms with Crippen LogP contribution in [0.5, 0.6) is 5.75 Å². The van der Waals surface area contributed by atoms with E-state index in [0.29, 0.717) is 11.4 Å². The highest BCUT2D eigenvalue weighted by Crippen LogP contribution is 2.24. The highest BCUT2D eigenvalue weighted by molar-refractivity contribution is 7.89. The molecule has 0 radical (unpaired) electrons. The monoisotopic (exact) mass is 424 g/mol. The summed E-state index contributed by atoms with van der Waals surface area (Å²) in [5.74, 6) is 0.402. The SMILES string of the molecule is CC[C@H](NC(=O)CN(C)S(=O)(=O)c1ccc(Cl)cc1)c1ccc(OC)c(C)c1. The largest absolute Gasteiger partial charge is 0.496 e. The fraction of sp³-hybridized carbons (Fsp3) is 0.350. The van der Waals surface area contributed by atoms with Crippen LogP contribution < -0.4 is 10.1 Å². The molecule has 0 bridgehead atoms. The number of ether oxygens (including phenoxy) is 1. The normalized spacial score (nSPS) is 12.6. The molecular weight excluding hydrogens is 400 g/mol. The minimum Gasteiger partial charge on any atom is -0.496 e. The van der Waals surface area contributed by atoms with Crippen LogP contribution in [0, 0.1) is 6.92 Å². The average Bonchev–Trinajstić information content (AvgIpc) is 2.66. The first-order valence-corrected chi connectivity index (χ1v) is 10.7. The first-order valence-electron chi connectivity index (χ1n) is 8.84. The Morgan fingerprint density at radius 2 is 1.86 bits per heavy atom. The lowest BCUT2D eigenvalue weighted by Gasteiger charge is -2.21. The number of likely N-dealkylation sites (N-methyl/N-ethyl adjacent to an activating group) is 1. The van der Waals surface area contributed by atoms with Crippen LogP contribution in [0.25, 0.3) is 0 Å². The summed E-state index contributed by atoms with van der Waals surface area (Å²) < 4.78 is 31.5. The summed E-state index contributed by atoms with van der Waals surface area (Å²) in [5.41, 5.74) is 1.91. The number of nitrogens with one attached hydrogen (secondary N) is 1. The molecule has 1 N–H and O–H groups in total. The summed E-state index contributed by atoms with van der Waals surface area (Å²) in [5, 5.41) is 3.35. The van der Waals surface area contributed by atoms with Crippen LogP contribution in [0.2, 0.25) is 5.02 Å². The maximum Gasteiger partial charge on any atom is 0.243 e. The van der Waals surface area contributed by atoms with Gasteiger partial charge >= 0.3 is 0 Å². The summed E-state index contributed by atoms with van der Waals surface area (Å²) in [7, 11) is -0.790. The predicted molar refractivity (Wildman–Crippen MR) is 110 cm³/mol. The summed E-state index contributed by atoms with van der Waals surface area (Å²) in [6, 6.07) is 11.3. The van der Waals surface area contributed by atoms with Crippen LogP contribution in [0.3, 0.4) is 0 Å². The van der Waals surface area contributed by atoms with Crippen molar-refractivity contribution in [3.63, 3.8) is 0 Å². The van der Waals surface area contributed by atoms with Gasteiger partial charge in [0, 0.05) is 12.1 Å². The Labute approximate surface area is 171 Å². The molecule has 8 heteroatoms. The fourth-order valence-electron chi connectivity index (χ4n) is 2.85. The number of sulfonamides is 1. The van der Waals surface area contributed by atoms with Gasteiger partial charge in [0.2, 0.25) is 15.9 Å². The lowest BCUT2D eigenvalue weighted by Crippen LogP contribution is -2.39. The quantitative estimate of drug-likeness (QED) is 0.703. The summed E-state index contributed by atoms with van der Waals surface area (Å²) in [6.45, 7) is 3.61. The molecule has 1 atom stereocenters. The molecule has 152 valence electrons. The molecule has 0 unspecified atom stereocenters. The fourth-order valence-corrected chi connectivity index (χ4v) is 4.11. The van der Waals surface area contributed by atoms with E-state index in [1.807, 2.05) is 32.0 Å². The zero-order valence-corrected chi connectivity index (χ0v) is 18.0. The van der Waals surface area contributed by atoms with Crippen molar-refractivity contribution in [3.05, 3.63) is 58.6 Å². The number of halogens is 1. The zero-order valence-electron chi connectivity index (χ0n) is 16.4. The second-order valence-electron chi connectivity index (χ2n) is 6.47. The van der Waals surface area contributed by atoms with E-state index in [4.69, 9.17) is 16.3 Å². The van der Waals surface area contributed by atoms with Gasteiger partial charge in [-0.15, -0.1) is 0 Å². The lowest BCUT2D eigenvalue weighted by atomic mass is 10.0. The molecule has 0 aromatic heterocycles. The molecule has 6 nitrogen and oxygen atoms in total. The van der Waals surface area contributed by atoms with E-state index in [2.05, 4.69) is 5.32 Å². The Hall–Kier alpha value is -2.09. The van der Waals surface area contributed by atoms with E-state index in [1.54, 1.807) is 7.11 Å². The van der Waals surface area contributed by atoms with Gasteiger partial charge in [-0.3, -0.25) is 4.79 Å². The van der Waals surface area contributed by atoms with Crippen LogP contribution in [0.15, 0.2) is 47.4 Å². The molecule has 28 heavy (non-hydrogen) atoms. The Morgan fingerprint density at radius 1 is 1.21 bits per heavy atom. The second kappa shape index (κ2) is 9.41. The third kappa shape index (κ3) is 5.25. The van der Waals surface area contributed by atoms with Gasteiger partial charge in [0.05, 0.1) is 24.6 Å². The van der Waals surface area contributed by atoms with Gasteiger partial charge in [0.1, 0.15) is 5.75 Å². The van der Waals surface area contributed by atoms with Gasteiger partial charge in [-0.2, -0.15) is 4.31 Å². The predicted octanol–water partition coefficient (Wildman–Crippen LogP) is 3.55. The van der Waals surface area contributed by atoms with Crippen molar-refractivity contribution in [3.8, 4) is 5.75 Å². The molecule has 2 aromatic carbocycles. The second-order valence-corrected chi connectivity index (χ2v) is 8.95. The van der Waals surface area contributed by atoms with E-state index in [9.17, 15) is 13.2 Å². The number of aryl methyl sites for hydroxylation is 1. The van der Waals surface area contributed by atoms with Gasteiger partial charge in [-0.25, -0.2) is 8.42 Å². The van der Waals surface area contributed by atoms with Crippen molar-refractivity contribution in [1.82, 2.24) is 9.62 Å². The molecule has 0 aliphatic heterocycles. The molecular formula is C20H25ClN2O4S. The smallest absolute Gasteiger partial charge is 0.243 e. The van der Waals surface area contributed by atoms with Crippen LogP contribution in [-0.2, 0) is 14.8 Å². The molecule has 0 aliphatic rings. The van der Waals surface area contributed by atoms with Crippen LogP contribution >= 0.6 is 11.6 Å². The molecule has 2 aromatic rings. The van der Waals surface area contributed by atoms with Crippen molar-refractivity contribution >= 4 is 27.5 Å². The first kappa shape index (κ1) is 22.2. The van der Waals surface area contributed by atoms with Gasteiger partial charge < -0.3 is 10.1 Å². The highest BCUT2D eigenvalue weighted by atomic mass is 35.5. The average molecular weight is 425 g/mol. The third-order valence-electron chi connectivity index (χ3n) is 4.45. The van der Waals surface area contributed by atoms with Gasteiger partial charge in [-0.05, 0) is 54.8 Å². The number of carbonyl (C=O) groups excluding carboxylic acids is 1. The van der Waals surface area contributed by atoms with E-state index in [1.165, 1.54) is 31.3 Å². The molecule has 2 rings (SSSR count). The maximum absolute atomic E-state index is 12.6. The van der Waals surface area contributed by atoms with Crippen molar-refractivity contribution in [2.24, 2.45) is 0 Å². The highest BCUT2D eigenvalue weighted by Gasteiger charge is 2.24. The van der Waals surface area contributed by atoms with E-state index in [-0.39, 0.29) is 23.4 Å². The maximum atomic E-state index is 12.6. The number of methoxy groups -OCH3 is 1. The molecule has 1 amide bonds. The Morgan fingerprint density at radius 3 is 2.39 bits per heavy atom. The standard InChI is InChI=1S/C20H25ClN2O4S/c1-5-18(15-6-11-19(27-4)14(2)12-15)22-20(24)13-23(3)28(25,26)17-9-7-16(21)8-10-17/h6-12,18H,5,13H2,1-4H3,(H,22,24)/t18-/m0/s1. The van der Waals surface area contributed by atoms with Gasteiger partial charge in [0.25, 0.3) is 0 Å². The number of carbonyl (C=O) groups is 1. The minimum absolute atomic E-state index is 0.0880. The first-order chi connectivity index (χ1) is 13.2. The van der Waals surface area contributed by atoms with Crippen molar-refractivity contribution < 1.29 is 17.9 Å². The summed E-state index contributed by atoms with van der Waals surface area (Å²) in [4.78, 5) is 12.6. The summed E-state index contributed by atoms with van der Waals surface area (Å²) in [6.07, 6.45) is 0.672. The third-order valence-corrected chi connectivity index (χ3v) is 6.52. The number of hydrogen-bond acceptors (Lipinski definition) is 4. The van der Waals surface area contributed by atoms with Gasteiger partial charge in [-0.1, -0.05) is 30.7 Å². The van der Waals surface area contributed by atoms with E-state index < -0.39 is 10.0 Å². The molecule has 0 aliphatic carbocycles. The number of hydrogen-bond donors (Lipinski definition) is 1. The number of benzene rings is 2. The number of rotatable bonds is 8. The van der Waals surface area contributed by atoms with Crippen molar-refractivity contribution in [1.29, 1.82) is 0 Å². The molecule has 0 heterocycles. The van der Waals surface area contributed by atoms with Crippen molar-refractivity contribution in [2.75, 3.05) is 20.7 Å². The lowest BCUT2D eigenvalue weighted by molar-refractivity contribution is -0.121. The topological polar surface area (TPSA) is 75.7 Å². The van der Waals surface area contributed by atoms with Crippen LogP contribution in [-0.4, -0.2) is 39.3 Å². The minimum atomic E-state index is -3.78. The molecule has 0 fully saturated rings. The van der Waals surface area contributed by atoms with Crippen LogP contribution in [0.4, 0.5) is 0 Å². The van der Waals surface area contributed by atoms with E-state index >= 15 is 0 Å². The number of nitrogens with zero attached hydrogens (tertiary/aromatic N) is 1. The number of amides is 1. The Balaban J connectivity index is 2.08. The van der Waals surface area contributed by atoms with E-state index in [0.717, 1.165) is 21.2 Å². The molecule has 0 spiro atoms. The Kier molecular flexibility index (Phi) is 7.46. The van der Waals surface area contributed by atoms with Crippen molar-refractivity contribution in [2.45, 2.75) is 31.2 Å². The summed E-state index contributed by atoms with van der Waals surface area (Å²) >= 11 is 5.81. The Bertz CT molecular complexity index is 930. The molecule has 0 saturated heterocycles. The van der Waals surface area contributed by atoms with Crippen LogP contribution in [0.1, 0.15) is 30.5 Å².